The third-order valence-corrected chi connectivity index (χ3v) is 9.35. The minimum Gasteiger partial charge on any atom is -0.481 e. The van der Waals surface area contributed by atoms with Crippen LogP contribution < -0.4 is 0 Å². The summed E-state index contributed by atoms with van der Waals surface area (Å²) >= 11 is 6.08. The van der Waals surface area contributed by atoms with Crippen LogP contribution in [0.1, 0.15) is 15.9 Å². The van der Waals surface area contributed by atoms with Crippen LogP contribution in [0.5, 0.6) is 0 Å². The number of aliphatic carboxylic acids is 1. The highest BCUT2D eigenvalue weighted by atomic mass is 32.1. The Balaban J connectivity index is 1.53. The fraction of sp³-hybridized carbons (Fsp3) is 0.0455. The number of carboxylic acid groups (broad SMARTS) is 2. The Bertz CT molecular complexity index is 1410. The number of carboxylic acids is 2. The fourth-order valence-corrected chi connectivity index (χ4v) is 7.51. The molecule has 31 heavy (non-hydrogen) atoms. The normalized spacial score (nSPS) is 11.2. The van der Waals surface area contributed by atoms with Gasteiger partial charge in [-0.25, -0.2) is 9.78 Å². The molecular formula is C22H13NO4S4. The molecule has 5 aromatic rings. The van der Waals surface area contributed by atoms with Crippen LogP contribution in [0.4, 0.5) is 0 Å². The number of carbonyl (C=O) groups is 2. The number of benzene rings is 1. The van der Waals surface area contributed by atoms with Gasteiger partial charge in [0.1, 0.15) is 5.01 Å². The summed E-state index contributed by atoms with van der Waals surface area (Å²) in [5, 5.41) is 21.1. The van der Waals surface area contributed by atoms with Gasteiger partial charge in [0.15, 0.2) is 0 Å². The molecule has 154 valence electrons. The quantitative estimate of drug-likeness (QED) is 0.277. The van der Waals surface area contributed by atoms with Crippen molar-refractivity contribution in [2.24, 2.45) is 0 Å². The van der Waals surface area contributed by atoms with Gasteiger partial charge in [-0.15, -0.1) is 45.3 Å². The van der Waals surface area contributed by atoms with Gasteiger partial charge >= 0.3 is 11.9 Å². The van der Waals surface area contributed by atoms with Gasteiger partial charge in [0.25, 0.3) is 0 Å². The van der Waals surface area contributed by atoms with Gasteiger partial charge in [-0.2, -0.15) is 0 Å². The number of aromatic nitrogens is 1. The van der Waals surface area contributed by atoms with Crippen LogP contribution in [0.2, 0.25) is 0 Å². The maximum absolute atomic E-state index is 11.4. The SMILES string of the molecule is O=C(O)Cc1cc(-c2ccc(-c3nc4ccccc4s3)s2)sc1-c1cc(C(=O)O)cs1. The van der Waals surface area contributed by atoms with Crippen molar-refractivity contribution >= 4 is 67.5 Å². The molecule has 4 heterocycles. The van der Waals surface area contributed by atoms with E-state index in [0.717, 1.165) is 39.6 Å². The Morgan fingerprint density at radius 3 is 2.42 bits per heavy atom. The van der Waals surface area contributed by atoms with Crippen LogP contribution in [0.25, 0.3) is 39.6 Å². The number of fused-ring (bicyclic) bond motifs is 1. The molecule has 4 aromatic heterocycles. The van der Waals surface area contributed by atoms with Crippen molar-refractivity contribution in [3.63, 3.8) is 0 Å². The summed E-state index contributed by atoms with van der Waals surface area (Å²) in [4.78, 5) is 32.0. The Hall–Kier alpha value is -2.85. The number of thiazole rings is 1. The Morgan fingerprint density at radius 1 is 0.871 bits per heavy atom. The number of nitrogens with zero attached hydrogens (tertiary/aromatic N) is 1. The van der Waals surface area contributed by atoms with Crippen molar-refractivity contribution in [2.75, 3.05) is 0 Å². The summed E-state index contributed by atoms with van der Waals surface area (Å²) in [6.07, 6.45) is -0.109. The van der Waals surface area contributed by atoms with Crippen LogP contribution >= 0.6 is 45.3 Å². The van der Waals surface area contributed by atoms with Gasteiger partial charge in [0.05, 0.1) is 27.1 Å². The maximum atomic E-state index is 11.4. The predicted molar refractivity (Wildman–Crippen MR) is 128 cm³/mol. The van der Waals surface area contributed by atoms with Crippen molar-refractivity contribution in [1.29, 1.82) is 0 Å². The van der Waals surface area contributed by atoms with E-state index in [2.05, 4.69) is 6.07 Å². The first-order chi connectivity index (χ1) is 15.0. The molecule has 0 aliphatic heterocycles. The third kappa shape index (κ3) is 3.92. The van der Waals surface area contributed by atoms with E-state index < -0.39 is 11.9 Å². The van der Waals surface area contributed by atoms with E-state index in [-0.39, 0.29) is 12.0 Å². The molecule has 9 heteroatoms. The van der Waals surface area contributed by atoms with E-state index in [0.29, 0.717) is 5.56 Å². The van der Waals surface area contributed by atoms with Gasteiger partial charge in [0, 0.05) is 24.9 Å². The largest absolute Gasteiger partial charge is 0.481 e. The molecule has 0 aliphatic rings. The van der Waals surface area contributed by atoms with Crippen LogP contribution in [-0.4, -0.2) is 27.1 Å². The predicted octanol–water partition coefficient (Wildman–Crippen LogP) is 6.81. The maximum Gasteiger partial charge on any atom is 0.336 e. The zero-order valence-electron chi connectivity index (χ0n) is 15.7. The summed E-state index contributed by atoms with van der Waals surface area (Å²) < 4.78 is 1.14. The number of hydrogen-bond donors (Lipinski definition) is 2. The lowest BCUT2D eigenvalue weighted by atomic mass is 10.1. The van der Waals surface area contributed by atoms with Crippen molar-refractivity contribution in [1.82, 2.24) is 4.98 Å². The Labute approximate surface area is 192 Å². The van der Waals surface area contributed by atoms with E-state index in [1.54, 1.807) is 34.1 Å². The molecule has 5 rings (SSSR count). The zero-order chi connectivity index (χ0) is 21.5. The number of hydrogen-bond acceptors (Lipinski definition) is 7. The van der Waals surface area contributed by atoms with Crippen molar-refractivity contribution < 1.29 is 19.8 Å². The monoisotopic (exact) mass is 483 g/mol. The van der Waals surface area contributed by atoms with Crippen LogP contribution in [-0.2, 0) is 11.2 Å². The molecule has 1 aromatic carbocycles. The molecular weight excluding hydrogens is 471 g/mol. The van der Waals surface area contributed by atoms with Crippen molar-refractivity contribution in [2.45, 2.75) is 6.42 Å². The highest BCUT2D eigenvalue weighted by Crippen LogP contribution is 2.45. The lowest BCUT2D eigenvalue weighted by Crippen LogP contribution is -1.99. The summed E-state index contributed by atoms with van der Waals surface area (Å²) in [5.74, 6) is -1.90. The minimum atomic E-state index is -0.988. The van der Waals surface area contributed by atoms with Gasteiger partial charge in [0.2, 0.25) is 0 Å². The number of para-hydroxylation sites is 1. The second-order valence-electron chi connectivity index (χ2n) is 6.69. The summed E-state index contributed by atoms with van der Waals surface area (Å²) in [7, 11) is 0. The molecule has 0 saturated heterocycles. The van der Waals surface area contributed by atoms with Gasteiger partial charge in [-0.05, 0) is 42.0 Å². The molecule has 0 fully saturated rings. The van der Waals surface area contributed by atoms with Gasteiger partial charge < -0.3 is 10.2 Å². The van der Waals surface area contributed by atoms with E-state index in [1.807, 2.05) is 36.4 Å². The van der Waals surface area contributed by atoms with Gasteiger partial charge in [-0.1, -0.05) is 12.1 Å². The lowest BCUT2D eigenvalue weighted by molar-refractivity contribution is -0.136. The topological polar surface area (TPSA) is 87.5 Å². The minimum absolute atomic E-state index is 0.109. The third-order valence-electron chi connectivity index (χ3n) is 4.57. The fourth-order valence-electron chi connectivity index (χ4n) is 3.18. The number of thiophene rings is 3. The molecule has 0 unspecified atom stereocenters. The van der Waals surface area contributed by atoms with Crippen LogP contribution in [0, 0.1) is 0 Å². The van der Waals surface area contributed by atoms with Crippen LogP contribution in [0.15, 0.2) is 53.9 Å². The Kier molecular flexibility index (Phi) is 5.19. The Morgan fingerprint density at radius 2 is 1.68 bits per heavy atom. The highest BCUT2D eigenvalue weighted by Gasteiger charge is 2.19. The average Bonchev–Trinajstić information content (AvgIpc) is 3.50. The smallest absolute Gasteiger partial charge is 0.336 e. The second kappa shape index (κ2) is 8.01. The first-order valence-corrected chi connectivity index (χ1v) is 12.4. The van der Waals surface area contributed by atoms with E-state index in [9.17, 15) is 19.8 Å². The second-order valence-corrected chi connectivity index (χ2v) is 10.8. The first kappa shape index (κ1) is 20.1. The molecule has 0 atom stereocenters. The highest BCUT2D eigenvalue weighted by molar-refractivity contribution is 7.29. The summed E-state index contributed by atoms with van der Waals surface area (Å²) in [5.41, 5.74) is 1.89. The molecule has 2 N–H and O–H groups in total. The molecule has 5 nitrogen and oxygen atoms in total. The lowest BCUT2D eigenvalue weighted by Gasteiger charge is -1.97. The van der Waals surface area contributed by atoms with E-state index >= 15 is 0 Å². The van der Waals surface area contributed by atoms with Crippen LogP contribution in [0.3, 0.4) is 0 Å². The summed E-state index contributed by atoms with van der Waals surface area (Å²) in [6, 6.07) is 15.6. The van der Waals surface area contributed by atoms with Gasteiger partial charge in [-0.3, -0.25) is 4.79 Å². The molecule has 0 saturated carbocycles. The molecule has 0 radical (unpaired) electrons. The van der Waals surface area contributed by atoms with Crippen molar-refractivity contribution in [3.05, 3.63) is 65.0 Å². The molecule has 0 spiro atoms. The molecule has 0 bridgehead atoms. The first-order valence-electron chi connectivity index (χ1n) is 9.11. The zero-order valence-corrected chi connectivity index (χ0v) is 19.0. The number of aromatic carboxylic acids is 1. The number of rotatable bonds is 6. The molecule has 0 aliphatic carbocycles. The average molecular weight is 484 g/mol. The standard InChI is InChI=1S/C22H13NO4S4/c24-19(25)9-11-7-17(30-20(11)18-8-12(10-28-18)22(26)27)15-5-6-16(29-15)21-23-13-3-1-2-4-14(13)31-21/h1-8,10H,9H2,(H,24,25)(H,26,27). The molecule has 0 amide bonds. The summed E-state index contributed by atoms with van der Waals surface area (Å²) in [6.45, 7) is 0. The van der Waals surface area contributed by atoms with E-state index in [4.69, 9.17) is 4.98 Å². The van der Waals surface area contributed by atoms with E-state index in [1.165, 1.54) is 22.7 Å². The van der Waals surface area contributed by atoms with Crippen molar-refractivity contribution in [3.8, 4) is 29.4 Å².